The van der Waals surface area contributed by atoms with Crippen molar-refractivity contribution in [1.29, 1.82) is 0 Å². The van der Waals surface area contributed by atoms with Crippen LogP contribution in [0.3, 0.4) is 0 Å². The van der Waals surface area contributed by atoms with E-state index in [-0.39, 0.29) is 22.2 Å². The van der Waals surface area contributed by atoms with Crippen molar-refractivity contribution in [2.45, 2.75) is 38.0 Å². The van der Waals surface area contributed by atoms with Gasteiger partial charge in [-0.3, -0.25) is 14.8 Å². The van der Waals surface area contributed by atoms with Crippen LogP contribution >= 0.6 is 15.9 Å². The Morgan fingerprint density at radius 2 is 1.90 bits per heavy atom. The number of hydrogen-bond acceptors (Lipinski definition) is 4. The predicted molar refractivity (Wildman–Crippen MR) is 101 cm³/mol. The number of alkyl halides is 3. The highest BCUT2D eigenvalue weighted by atomic mass is 79.9. The highest BCUT2D eigenvalue weighted by Gasteiger charge is 2.42. The summed E-state index contributed by atoms with van der Waals surface area (Å²) in [7, 11) is 0. The van der Waals surface area contributed by atoms with E-state index in [1.807, 2.05) is 0 Å². The molecule has 0 atom stereocenters. The molecule has 0 aliphatic heterocycles. The van der Waals surface area contributed by atoms with E-state index in [2.05, 4.69) is 36.4 Å². The van der Waals surface area contributed by atoms with Gasteiger partial charge in [-0.25, -0.2) is 14.1 Å². The normalized spacial score (nSPS) is 14.2. The van der Waals surface area contributed by atoms with E-state index in [9.17, 15) is 22.4 Å². The third-order valence-corrected chi connectivity index (χ3v) is 5.28. The minimum atomic E-state index is -4.62. The van der Waals surface area contributed by atoms with Gasteiger partial charge < -0.3 is 0 Å². The highest BCUT2D eigenvalue weighted by molar-refractivity contribution is 9.10. The number of carbonyl (C=O) groups excluding carboxylic acids is 1. The molecule has 1 amide bonds. The van der Waals surface area contributed by atoms with Crippen molar-refractivity contribution < 1.29 is 22.4 Å². The van der Waals surface area contributed by atoms with Crippen molar-refractivity contribution in [1.82, 2.24) is 24.5 Å². The first-order valence-corrected chi connectivity index (χ1v) is 9.77. The fraction of sp³-hybridized carbons (Fsp3) is 0.333. The van der Waals surface area contributed by atoms with E-state index in [0.29, 0.717) is 12.2 Å². The Labute approximate surface area is 176 Å². The Morgan fingerprint density at radius 1 is 1.20 bits per heavy atom. The molecular formula is C18H15BrF4N6O. The molecule has 30 heavy (non-hydrogen) atoms. The van der Waals surface area contributed by atoms with Gasteiger partial charge in [0.25, 0.3) is 0 Å². The Kier molecular flexibility index (Phi) is 5.35. The number of nitrogens with zero attached hydrogens (tertiary/aromatic N) is 5. The minimum Gasteiger partial charge on any atom is -0.292 e. The van der Waals surface area contributed by atoms with Gasteiger partial charge in [-0.2, -0.15) is 18.3 Å². The third-order valence-electron chi connectivity index (χ3n) is 4.50. The van der Waals surface area contributed by atoms with Crippen LogP contribution in [-0.4, -0.2) is 30.5 Å². The van der Waals surface area contributed by atoms with E-state index in [1.165, 1.54) is 23.1 Å². The molecule has 0 radical (unpaired) electrons. The molecule has 0 spiro atoms. The zero-order valence-electron chi connectivity index (χ0n) is 15.3. The van der Waals surface area contributed by atoms with E-state index in [4.69, 9.17) is 0 Å². The van der Waals surface area contributed by atoms with Crippen LogP contribution in [0.25, 0.3) is 0 Å². The smallest absolute Gasteiger partial charge is 0.292 e. The number of halogens is 5. The van der Waals surface area contributed by atoms with Crippen molar-refractivity contribution in [3.05, 3.63) is 57.8 Å². The van der Waals surface area contributed by atoms with Gasteiger partial charge in [-0.15, -0.1) is 5.10 Å². The molecular weight excluding hydrogens is 472 g/mol. The summed E-state index contributed by atoms with van der Waals surface area (Å²) in [5, 5.41) is 10.2. The van der Waals surface area contributed by atoms with Gasteiger partial charge in [0.1, 0.15) is 18.7 Å². The number of nitrogens with one attached hydrogen (secondary N) is 1. The third kappa shape index (κ3) is 4.53. The van der Waals surface area contributed by atoms with Crippen LogP contribution in [0.1, 0.15) is 35.7 Å². The van der Waals surface area contributed by atoms with Gasteiger partial charge in [0.15, 0.2) is 5.69 Å². The van der Waals surface area contributed by atoms with E-state index in [0.717, 1.165) is 23.1 Å². The van der Waals surface area contributed by atoms with Gasteiger partial charge in [0, 0.05) is 5.92 Å². The summed E-state index contributed by atoms with van der Waals surface area (Å²) in [6, 6.07) is 5.85. The lowest BCUT2D eigenvalue weighted by molar-refractivity contribution is -0.142. The first kappa shape index (κ1) is 20.5. The molecule has 1 aliphatic rings. The molecule has 3 aromatic rings. The summed E-state index contributed by atoms with van der Waals surface area (Å²) < 4.78 is 54.9. The lowest BCUT2D eigenvalue weighted by Gasteiger charge is -2.06. The fourth-order valence-corrected chi connectivity index (χ4v) is 3.84. The second kappa shape index (κ2) is 7.82. The first-order chi connectivity index (χ1) is 14.2. The van der Waals surface area contributed by atoms with Crippen molar-refractivity contribution in [3.63, 3.8) is 0 Å². The average molecular weight is 487 g/mol. The molecule has 12 heteroatoms. The van der Waals surface area contributed by atoms with Gasteiger partial charge in [0.05, 0.1) is 16.7 Å². The second-order valence-corrected chi connectivity index (χ2v) is 7.71. The largest absolute Gasteiger partial charge is 0.436 e. The predicted octanol–water partition coefficient (Wildman–Crippen LogP) is 3.96. The van der Waals surface area contributed by atoms with E-state index in [1.54, 1.807) is 12.1 Å². The maximum Gasteiger partial charge on any atom is 0.436 e. The average Bonchev–Trinajstić information content (AvgIpc) is 3.31. The minimum absolute atomic E-state index is 0.0114. The monoisotopic (exact) mass is 486 g/mol. The fourth-order valence-electron chi connectivity index (χ4n) is 3.01. The summed E-state index contributed by atoms with van der Waals surface area (Å²) in [5.41, 5.74) is 0.112. The summed E-state index contributed by atoms with van der Waals surface area (Å²) >= 11 is 2.99. The summed E-state index contributed by atoms with van der Waals surface area (Å²) in [5.74, 6) is -0.990. The van der Waals surface area contributed by atoms with Crippen LogP contribution in [0.15, 0.2) is 35.1 Å². The van der Waals surface area contributed by atoms with Crippen LogP contribution in [0.4, 0.5) is 23.5 Å². The van der Waals surface area contributed by atoms with Crippen LogP contribution < -0.4 is 5.32 Å². The Bertz CT molecular complexity index is 1070. The Hall–Kier alpha value is -2.76. The molecule has 1 fully saturated rings. The van der Waals surface area contributed by atoms with Gasteiger partial charge in [-0.05, 0) is 46.5 Å². The first-order valence-electron chi connectivity index (χ1n) is 8.98. The van der Waals surface area contributed by atoms with Crippen molar-refractivity contribution in [2.75, 3.05) is 5.32 Å². The van der Waals surface area contributed by atoms with Crippen LogP contribution in [0.2, 0.25) is 0 Å². The molecule has 7 nitrogen and oxygen atoms in total. The van der Waals surface area contributed by atoms with Gasteiger partial charge >= 0.3 is 6.18 Å². The molecule has 4 rings (SSSR count). The number of hydrogen-bond donors (Lipinski definition) is 1. The van der Waals surface area contributed by atoms with Crippen molar-refractivity contribution in [3.8, 4) is 0 Å². The maximum absolute atomic E-state index is 13.2. The number of rotatable bonds is 6. The molecule has 2 heterocycles. The van der Waals surface area contributed by atoms with Crippen molar-refractivity contribution >= 4 is 27.8 Å². The molecule has 158 valence electrons. The lowest BCUT2D eigenvalue weighted by atomic mass is 10.2. The zero-order chi connectivity index (χ0) is 21.5. The van der Waals surface area contributed by atoms with Gasteiger partial charge in [0.2, 0.25) is 11.9 Å². The van der Waals surface area contributed by atoms with E-state index >= 15 is 0 Å². The highest BCUT2D eigenvalue weighted by Crippen LogP contribution is 2.46. The molecule has 1 aromatic carbocycles. The van der Waals surface area contributed by atoms with Crippen molar-refractivity contribution in [2.24, 2.45) is 0 Å². The molecule has 0 bridgehead atoms. The summed E-state index contributed by atoms with van der Waals surface area (Å²) in [6.45, 7) is -0.0803. The SMILES string of the molecule is O=C(Cn1nc(C(F)(F)F)c(Br)c1C1CC1)Nc1ncn(Cc2ccc(F)cc2)n1. The maximum atomic E-state index is 13.2. The summed E-state index contributed by atoms with van der Waals surface area (Å²) in [6.07, 6.45) is -1.73. The second-order valence-electron chi connectivity index (χ2n) is 6.92. The van der Waals surface area contributed by atoms with Crippen LogP contribution in [-0.2, 0) is 24.1 Å². The lowest BCUT2D eigenvalue weighted by Crippen LogP contribution is -2.22. The topological polar surface area (TPSA) is 77.6 Å². The standard InChI is InChI=1S/C18H15BrF4N6O/c19-14-15(11-3-4-11)29(26-16(14)18(21,22)23)8-13(30)25-17-24-9-28(27-17)7-10-1-5-12(20)6-2-10/h1-2,5-6,9,11H,3-4,7-8H2,(H,25,27,30). The number of aromatic nitrogens is 5. The Morgan fingerprint density at radius 3 is 2.53 bits per heavy atom. The zero-order valence-corrected chi connectivity index (χ0v) is 16.9. The van der Waals surface area contributed by atoms with Crippen LogP contribution in [0, 0.1) is 5.82 Å². The molecule has 1 saturated carbocycles. The number of carbonyl (C=O) groups is 1. The molecule has 1 N–H and O–H groups in total. The Balaban J connectivity index is 1.44. The van der Waals surface area contributed by atoms with E-state index < -0.39 is 24.3 Å². The molecule has 0 unspecified atom stereocenters. The quantitative estimate of drug-likeness (QED) is 0.535. The number of anilines is 1. The molecule has 0 saturated heterocycles. The molecule has 2 aromatic heterocycles. The summed E-state index contributed by atoms with van der Waals surface area (Å²) in [4.78, 5) is 16.3. The van der Waals surface area contributed by atoms with Crippen LogP contribution in [0.5, 0.6) is 0 Å². The number of amides is 1. The number of benzene rings is 1. The molecule has 1 aliphatic carbocycles. The van der Waals surface area contributed by atoms with Gasteiger partial charge in [-0.1, -0.05) is 12.1 Å².